The van der Waals surface area contributed by atoms with E-state index in [1.54, 1.807) is 48.5 Å². The Bertz CT molecular complexity index is 890. The molecule has 1 aliphatic heterocycles. The lowest BCUT2D eigenvalue weighted by Crippen LogP contribution is -2.32. The Morgan fingerprint density at radius 3 is 2.30 bits per heavy atom. The molecule has 2 N–H and O–H groups in total. The van der Waals surface area contributed by atoms with E-state index >= 15 is 0 Å². The minimum Gasteiger partial charge on any atom is -0.507 e. The molecule has 140 valence electrons. The molecule has 0 aliphatic carbocycles. The van der Waals surface area contributed by atoms with E-state index in [0.717, 1.165) is 0 Å². The SMILES string of the molecule is COc1ccc(C2C(=C(O)c3ccc(Cl)cc3)C(=O)C(=O)N2CCO)cc1. The highest BCUT2D eigenvalue weighted by Gasteiger charge is 2.45. The second-order valence-corrected chi connectivity index (χ2v) is 6.43. The Morgan fingerprint density at radius 1 is 1.11 bits per heavy atom. The molecule has 0 radical (unpaired) electrons. The number of aliphatic hydroxyl groups excluding tert-OH is 2. The Balaban J connectivity index is 2.15. The number of benzene rings is 2. The Labute approximate surface area is 161 Å². The number of hydrogen-bond donors (Lipinski definition) is 2. The molecule has 1 saturated heterocycles. The van der Waals surface area contributed by atoms with Crippen molar-refractivity contribution in [3.8, 4) is 5.75 Å². The number of Topliss-reactive ketones (excluding diaryl/α,β-unsaturated/α-hetero) is 1. The predicted octanol–water partition coefficient (Wildman–Crippen LogP) is 2.76. The molecule has 1 heterocycles. The first kappa shape index (κ1) is 18.9. The number of rotatable bonds is 5. The van der Waals surface area contributed by atoms with Crippen molar-refractivity contribution >= 4 is 29.1 Å². The average Bonchev–Trinajstić information content (AvgIpc) is 2.93. The number of ketones is 1. The Hall–Kier alpha value is -2.83. The van der Waals surface area contributed by atoms with Gasteiger partial charge in [-0.25, -0.2) is 0 Å². The van der Waals surface area contributed by atoms with E-state index in [1.807, 2.05) is 0 Å². The van der Waals surface area contributed by atoms with Crippen LogP contribution in [0, 0.1) is 0 Å². The minimum atomic E-state index is -0.807. The van der Waals surface area contributed by atoms with Crippen LogP contribution in [0.25, 0.3) is 5.76 Å². The van der Waals surface area contributed by atoms with Gasteiger partial charge < -0.3 is 19.8 Å². The largest absolute Gasteiger partial charge is 0.507 e. The molecule has 0 saturated carbocycles. The third-order valence-electron chi connectivity index (χ3n) is 4.43. The predicted molar refractivity (Wildman–Crippen MR) is 101 cm³/mol. The van der Waals surface area contributed by atoms with Crippen molar-refractivity contribution in [3.05, 3.63) is 70.3 Å². The third kappa shape index (κ3) is 3.54. The summed E-state index contributed by atoms with van der Waals surface area (Å²) in [4.78, 5) is 26.4. The maximum Gasteiger partial charge on any atom is 0.295 e. The van der Waals surface area contributed by atoms with Gasteiger partial charge in [-0.3, -0.25) is 9.59 Å². The van der Waals surface area contributed by atoms with Crippen LogP contribution >= 0.6 is 11.6 Å². The van der Waals surface area contributed by atoms with E-state index < -0.39 is 17.7 Å². The van der Waals surface area contributed by atoms with Crippen LogP contribution in [0.5, 0.6) is 5.75 Å². The first-order valence-corrected chi connectivity index (χ1v) is 8.65. The molecule has 1 unspecified atom stereocenters. The van der Waals surface area contributed by atoms with Gasteiger partial charge >= 0.3 is 0 Å². The number of nitrogens with zero attached hydrogens (tertiary/aromatic N) is 1. The first-order chi connectivity index (χ1) is 13.0. The molecule has 6 nitrogen and oxygen atoms in total. The normalized spacial score (nSPS) is 18.8. The number of aliphatic hydroxyl groups is 2. The van der Waals surface area contributed by atoms with Gasteiger partial charge in [-0.2, -0.15) is 0 Å². The maximum absolute atomic E-state index is 12.6. The second-order valence-electron chi connectivity index (χ2n) is 6.00. The van der Waals surface area contributed by atoms with Crippen LogP contribution in [0.15, 0.2) is 54.1 Å². The standard InChI is InChI=1S/C20H18ClNO5/c1-27-15-8-4-12(5-9-15)17-16(19(25)20(26)22(17)10-11-23)18(24)13-2-6-14(21)7-3-13/h2-9,17,23-24H,10-11H2,1H3. The summed E-state index contributed by atoms with van der Waals surface area (Å²) >= 11 is 5.88. The fraction of sp³-hybridized carbons (Fsp3) is 0.200. The fourth-order valence-electron chi connectivity index (χ4n) is 3.11. The molecule has 3 rings (SSSR count). The number of ether oxygens (including phenoxy) is 1. The zero-order chi connectivity index (χ0) is 19.6. The van der Waals surface area contributed by atoms with Gasteiger partial charge in [0.1, 0.15) is 11.5 Å². The van der Waals surface area contributed by atoms with Crippen LogP contribution in [0.1, 0.15) is 17.2 Å². The average molecular weight is 388 g/mol. The van der Waals surface area contributed by atoms with Gasteiger partial charge in [0.05, 0.1) is 25.3 Å². The van der Waals surface area contributed by atoms with E-state index in [9.17, 15) is 19.8 Å². The van der Waals surface area contributed by atoms with Gasteiger partial charge in [0.15, 0.2) is 0 Å². The number of carbonyl (C=O) groups is 2. The molecule has 0 bridgehead atoms. The lowest BCUT2D eigenvalue weighted by molar-refractivity contribution is -0.140. The van der Waals surface area contributed by atoms with Crippen molar-refractivity contribution in [3.63, 3.8) is 0 Å². The van der Waals surface area contributed by atoms with E-state index in [2.05, 4.69) is 0 Å². The number of amides is 1. The molecule has 0 aromatic heterocycles. The van der Waals surface area contributed by atoms with E-state index in [4.69, 9.17) is 16.3 Å². The van der Waals surface area contributed by atoms with E-state index in [-0.39, 0.29) is 24.5 Å². The second kappa shape index (κ2) is 7.82. The molecular weight excluding hydrogens is 370 g/mol. The molecular formula is C20H18ClNO5. The Kier molecular flexibility index (Phi) is 5.48. The summed E-state index contributed by atoms with van der Waals surface area (Å²) in [7, 11) is 1.54. The highest BCUT2D eigenvalue weighted by atomic mass is 35.5. The zero-order valence-corrected chi connectivity index (χ0v) is 15.3. The van der Waals surface area contributed by atoms with Crippen molar-refractivity contribution in [1.82, 2.24) is 4.90 Å². The summed E-state index contributed by atoms with van der Waals surface area (Å²) < 4.78 is 5.14. The topological polar surface area (TPSA) is 87.1 Å². The highest BCUT2D eigenvalue weighted by Crippen LogP contribution is 2.39. The van der Waals surface area contributed by atoms with E-state index in [1.165, 1.54) is 12.0 Å². The van der Waals surface area contributed by atoms with Crippen molar-refractivity contribution in [2.45, 2.75) is 6.04 Å². The van der Waals surface area contributed by atoms with Gasteiger partial charge in [-0.05, 0) is 42.0 Å². The molecule has 2 aromatic rings. The summed E-state index contributed by atoms with van der Waals surface area (Å²) in [5.74, 6) is -1.22. The molecule has 1 atom stereocenters. The zero-order valence-electron chi connectivity index (χ0n) is 14.6. The quantitative estimate of drug-likeness (QED) is 0.468. The van der Waals surface area contributed by atoms with Gasteiger partial charge in [-0.1, -0.05) is 23.7 Å². The van der Waals surface area contributed by atoms with Crippen molar-refractivity contribution < 1.29 is 24.5 Å². The van der Waals surface area contributed by atoms with Crippen LogP contribution in [0.2, 0.25) is 5.02 Å². The van der Waals surface area contributed by atoms with Gasteiger partial charge in [0.2, 0.25) is 0 Å². The molecule has 27 heavy (non-hydrogen) atoms. The minimum absolute atomic E-state index is 0.0269. The van der Waals surface area contributed by atoms with Crippen LogP contribution in [-0.2, 0) is 9.59 Å². The number of likely N-dealkylation sites (tertiary alicyclic amines) is 1. The number of β-amino-alcohol motifs (C(OH)–C–C–N with tert-alkyl or cyclic N) is 1. The van der Waals surface area contributed by atoms with Gasteiger partial charge in [0.25, 0.3) is 11.7 Å². The number of hydrogen-bond acceptors (Lipinski definition) is 5. The number of halogens is 1. The summed E-state index contributed by atoms with van der Waals surface area (Å²) in [5, 5.41) is 20.6. The highest BCUT2D eigenvalue weighted by molar-refractivity contribution is 6.46. The molecule has 7 heteroatoms. The van der Waals surface area contributed by atoms with Crippen molar-refractivity contribution in [2.24, 2.45) is 0 Å². The maximum atomic E-state index is 12.6. The first-order valence-electron chi connectivity index (χ1n) is 8.27. The molecule has 1 amide bonds. The molecule has 1 fully saturated rings. The molecule has 0 spiro atoms. The van der Waals surface area contributed by atoms with Gasteiger partial charge in [-0.15, -0.1) is 0 Å². The Morgan fingerprint density at radius 2 is 1.74 bits per heavy atom. The van der Waals surface area contributed by atoms with Crippen LogP contribution in [0.4, 0.5) is 0 Å². The smallest absolute Gasteiger partial charge is 0.295 e. The summed E-state index contributed by atoms with van der Waals surface area (Å²) in [6.45, 7) is -0.334. The van der Waals surface area contributed by atoms with E-state index in [0.29, 0.717) is 21.9 Å². The molecule has 1 aliphatic rings. The summed E-state index contributed by atoms with van der Waals surface area (Å²) in [6.07, 6.45) is 0. The number of methoxy groups -OCH3 is 1. The van der Waals surface area contributed by atoms with Crippen molar-refractivity contribution in [2.75, 3.05) is 20.3 Å². The summed E-state index contributed by atoms with van der Waals surface area (Å²) in [5.41, 5.74) is 0.972. The third-order valence-corrected chi connectivity index (χ3v) is 4.68. The lowest BCUT2D eigenvalue weighted by Gasteiger charge is -2.24. The lowest BCUT2D eigenvalue weighted by atomic mass is 9.95. The summed E-state index contributed by atoms with van der Waals surface area (Å²) in [6, 6.07) is 12.4. The monoisotopic (exact) mass is 387 g/mol. The fourth-order valence-corrected chi connectivity index (χ4v) is 3.24. The van der Waals surface area contributed by atoms with Crippen LogP contribution in [0.3, 0.4) is 0 Å². The van der Waals surface area contributed by atoms with Crippen LogP contribution in [-0.4, -0.2) is 47.1 Å². The molecule has 2 aromatic carbocycles. The van der Waals surface area contributed by atoms with Gasteiger partial charge in [0, 0.05) is 17.1 Å². The van der Waals surface area contributed by atoms with Crippen LogP contribution < -0.4 is 4.74 Å². The number of carbonyl (C=O) groups excluding carboxylic acids is 2. The van der Waals surface area contributed by atoms with Crippen molar-refractivity contribution in [1.29, 1.82) is 0 Å².